The van der Waals surface area contributed by atoms with Gasteiger partial charge in [-0.15, -0.1) is 0 Å². The highest BCUT2D eigenvalue weighted by atomic mass is 16.5. The lowest BCUT2D eigenvalue weighted by Gasteiger charge is -2.32. The topological polar surface area (TPSA) is 41.6 Å². The summed E-state index contributed by atoms with van der Waals surface area (Å²) in [4.78, 5) is 15.3. The molecule has 0 bridgehead atoms. The van der Waals surface area contributed by atoms with E-state index in [4.69, 9.17) is 4.74 Å². The predicted octanol–water partition coefficient (Wildman–Crippen LogP) is 2.99. The van der Waals surface area contributed by atoms with Gasteiger partial charge in [-0.3, -0.25) is 9.69 Å². The molecule has 1 fully saturated rings. The van der Waals surface area contributed by atoms with Gasteiger partial charge in [0, 0.05) is 31.7 Å². The van der Waals surface area contributed by atoms with Gasteiger partial charge in [-0.1, -0.05) is 13.8 Å². The van der Waals surface area contributed by atoms with E-state index >= 15 is 0 Å². The van der Waals surface area contributed by atoms with E-state index in [0.717, 1.165) is 48.6 Å². The summed E-state index contributed by atoms with van der Waals surface area (Å²) in [5.41, 5.74) is 2.96. The van der Waals surface area contributed by atoms with E-state index in [0.29, 0.717) is 12.5 Å². The summed E-state index contributed by atoms with van der Waals surface area (Å²) in [7, 11) is 0. The van der Waals surface area contributed by atoms with Crippen LogP contribution in [0.15, 0.2) is 12.1 Å². The number of aryl methyl sites for hydroxylation is 1. The fourth-order valence-corrected chi connectivity index (χ4v) is 3.16. The molecule has 0 amide bonds. The van der Waals surface area contributed by atoms with Gasteiger partial charge < -0.3 is 10.1 Å². The van der Waals surface area contributed by atoms with Gasteiger partial charge >= 0.3 is 0 Å². The molecule has 1 heterocycles. The molecule has 128 valence electrons. The van der Waals surface area contributed by atoms with E-state index in [2.05, 4.69) is 24.1 Å². The Morgan fingerprint density at radius 2 is 1.91 bits per heavy atom. The molecule has 0 saturated carbocycles. The maximum atomic E-state index is 13.0. The van der Waals surface area contributed by atoms with Gasteiger partial charge in [-0.25, -0.2) is 0 Å². The number of piperazine rings is 1. The summed E-state index contributed by atoms with van der Waals surface area (Å²) in [5, 5.41) is 3.34. The SMILES string of the molecule is CCOc1cc(C)c(C(=O)C(C)N2CCNCC2)cc1C(C)C. The molecule has 4 nitrogen and oxygen atoms in total. The largest absolute Gasteiger partial charge is 0.494 e. The van der Waals surface area contributed by atoms with Crippen molar-refractivity contribution in [2.75, 3.05) is 32.8 Å². The zero-order valence-electron chi connectivity index (χ0n) is 15.1. The molecule has 0 aliphatic carbocycles. The van der Waals surface area contributed by atoms with Crippen molar-refractivity contribution in [2.24, 2.45) is 0 Å². The highest BCUT2D eigenvalue weighted by Gasteiger charge is 2.26. The molecule has 1 atom stereocenters. The van der Waals surface area contributed by atoms with Gasteiger partial charge in [0.1, 0.15) is 5.75 Å². The number of hydrogen-bond donors (Lipinski definition) is 1. The molecule has 1 saturated heterocycles. The molecule has 0 spiro atoms. The molecule has 1 aromatic rings. The van der Waals surface area contributed by atoms with Gasteiger partial charge in [0.05, 0.1) is 12.6 Å². The van der Waals surface area contributed by atoms with Crippen molar-refractivity contribution in [3.63, 3.8) is 0 Å². The molecule has 23 heavy (non-hydrogen) atoms. The molecule has 1 aliphatic rings. The van der Waals surface area contributed by atoms with Crippen molar-refractivity contribution in [3.8, 4) is 5.75 Å². The monoisotopic (exact) mass is 318 g/mol. The maximum absolute atomic E-state index is 13.0. The molecule has 4 heteroatoms. The van der Waals surface area contributed by atoms with Crippen LogP contribution in [0.5, 0.6) is 5.75 Å². The second-order valence-corrected chi connectivity index (χ2v) is 6.62. The minimum Gasteiger partial charge on any atom is -0.494 e. The van der Waals surface area contributed by atoms with Crippen LogP contribution in [-0.4, -0.2) is 49.5 Å². The van der Waals surface area contributed by atoms with Gasteiger partial charge in [-0.2, -0.15) is 0 Å². The van der Waals surface area contributed by atoms with Crippen molar-refractivity contribution in [1.82, 2.24) is 10.2 Å². The number of hydrogen-bond acceptors (Lipinski definition) is 4. The fourth-order valence-electron chi connectivity index (χ4n) is 3.16. The zero-order chi connectivity index (χ0) is 17.0. The van der Waals surface area contributed by atoms with Crippen molar-refractivity contribution in [2.45, 2.75) is 46.6 Å². The van der Waals surface area contributed by atoms with Crippen LogP contribution in [0.3, 0.4) is 0 Å². The predicted molar refractivity (Wildman–Crippen MR) is 94.7 cm³/mol. The lowest BCUT2D eigenvalue weighted by Crippen LogP contribution is -2.50. The summed E-state index contributed by atoms with van der Waals surface area (Å²) in [5.74, 6) is 1.46. The van der Waals surface area contributed by atoms with Crippen LogP contribution in [0.4, 0.5) is 0 Å². The van der Waals surface area contributed by atoms with Crippen molar-refractivity contribution >= 4 is 5.78 Å². The molecule has 1 N–H and O–H groups in total. The van der Waals surface area contributed by atoms with Crippen LogP contribution in [0.2, 0.25) is 0 Å². The first-order valence-corrected chi connectivity index (χ1v) is 8.72. The standard InChI is InChI=1S/C19H30N2O2/c1-6-23-18-11-14(4)17(12-16(18)13(2)3)19(22)15(5)21-9-7-20-8-10-21/h11-13,15,20H,6-10H2,1-5H3. The summed E-state index contributed by atoms with van der Waals surface area (Å²) in [6.07, 6.45) is 0. The first-order valence-electron chi connectivity index (χ1n) is 8.72. The fraction of sp³-hybridized carbons (Fsp3) is 0.632. The lowest BCUT2D eigenvalue weighted by molar-refractivity contribution is 0.0819. The second kappa shape index (κ2) is 7.93. The van der Waals surface area contributed by atoms with E-state index in [9.17, 15) is 4.79 Å². The average molecular weight is 318 g/mol. The van der Waals surface area contributed by atoms with Crippen molar-refractivity contribution < 1.29 is 9.53 Å². The molecule has 0 radical (unpaired) electrons. The van der Waals surface area contributed by atoms with Gasteiger partial charge in [0.2, 0.25) is 0 Å². The molecular formula is C19H30N2O2. The number of ether oxygens (including phenoxy) is 1. The number of Topliss-reactive ketones (excluding diaryl/α,β-unsaturated/α-hetero) is 1. The highest BCUT2D eigenvalue weighted by Crippen LogP contribution is 2.30. The summed E-state index contributed by atoms with van der Waals surface area (Å²) in [6.45, 7) is 14.7. The van der Waals surface area contributed by atoms with Crippen LogP contribution in [-0.2, 0) is 0 Å². The third kappa shape index (κ3) is 4.12. The Morgan fingerprint density at radius 3 is 2.48 bits per heavy atom. The van der Waals surface area contributed by atoms with Crippen molar-refractivity contribution in [1.29, 1.82) is 0 Å². The molecule has 1 aromatic carbocycles. The molecule has 2 rings (SSSR count). The Labute approximate surface area is 140 Å². The third-order valence-corrected chi connectivity index (χ3v) is 4.62. The Balaban J connectivity index is 2.30. The van der Waals surface area contributed by atoms with Crippen molar-refractivity contribution in [3.05, 3.63) is 28.8 Å². The Hall–Kier alpha value is -1.39. The normalized spacial score (nSPS) is 17.3. The first kappa shape index (κ1) is 18.0. The van der Waals surface area contributed by atoms with Crippen LogP contribution in [0.1, 0.15) is 55.1 Å². The summed E-state index contributed by atoms with van der Waals surface area (Å²) >= 11 is 0. The van der Waals surface area contributed by atoms with E-state index in [-0.39, 0.29) is 11.8 Å². The smallest absolute Gasteiger partial charge is 0.179 e. The molecule has 0 aromatic heterocycles. The Morgan fingerprint density at radius 1 is 1.26 bits per heavy atom. The maximum Gasteiger partial charge on any atom is 0.179 e. The van der Waals surface area contributed by atoms with E-state index < -0.39 is 0 Å². The van der Waals surface area contributed by atoms with Crippen LogP contribution in [0, 0.1) is 6.92 Å². The number of benzene rings is 1. The molecular weight excluding hydrogens is 288 g/mol. The van der Waals surface area contributed by atoms with E-state index in [1.807, 2.05) is 32.9 Å². The summed E-state index contributed by atoms with van der Waals surface area (Å²) < 4.78 is 5.76. The van der Waals surface area contributed by atoms with Gasteiger partial charge in [-0.05, 0) is 49.9 Å². The Bertz CT molecular complexity index is 549. The van der Waals surface area contributed by atoms with E-state index in [1.54, 1.807) is 0 Å². The highest BCUT2D eigenvalue weighted by molar-refractivity contribution is 6.01. The van der Waals surface area contributed by atoms with Gasteiger partial charge in [0.25, 0.3) is 0 Å². The van der Waals surface area contributed by atoms with E-state index in [1.165, 1.54) is 0 Å². The van der Waals surface area contributed by atoms with Crippen LogP contribution < -0.4 is 10.1 Å². The number of carbonyl (C=O) groups is 1. The number of nitrogens with one attached hydrogen (secondary N) is 1. The minimum absolute atomic E-state index is 0.0752. The lowest BCUT2D eigenvalue weighted by atomic mass is 9.92. The summed E-state index contributed by atoms with van der Waals surface area (Å²) in [6, 6.07) is 4.00. The third-order valence-electron chi connectivity index (χ3n) is 4.62. The van der Waals surface area contributed by atoms with Gasteiger partial charge in [0.15, 0.2) is 5.78 Å². The van der Waals surface area contributed by atoms with Crippen LogP contribution in [0.25, 0.3) is 0 Å². The first-order chi connectivity index (χ1) is 11.0. The quantitative estimate of drug-likeness (QED) is 0.819. The number of rotatable bonds is 6. The number of nitrogens with zero attached hydrogens (tertiary/aromatic N) is 1. The van der Waals surface area contributed by atoms with Crippen LogP contribution >= 0.6 is 0 Å². The minimum atomic E-state index is -0.0752. The molecule has 1 unspecified atom stereocenters. The number of carbonyl (C=O) groups excluding carboxylic acids is 1. The average Bonchev–Trinajstić information content (AvgIpc) is 2.54. The zero-order valence-corrected chi connectivity index (χ0v) is 15.1. The second-order valence-electron chi connectivity index (χ2n) is 6.62. The Kier molecular flexibility index (Phi) is 6.19. The number of ketones is 1. The molecule has 1 aliphatic heterocycles.